The Bertz CT molecular complexity index is 2200. The third-order valence-corrected chi connectivity index (χ3v) is 11.5. The van der Waals surface area contributed by atoms with E-state index in [0.717, 1.165) is 100 Å². The zero-order chi connectivity index (χ0) is 42.7. The second-order valence-corrected chi connectivity index (χ2v) is 15.9. The molecule has 0 saturated carbocycles. The first-order chi connectivity index (χ1) is 29.9. The molecule has 61 heavy (non-hydrogen) atoms. The number of nitriles is 1. The fraction of sp³-hybridized carbons (Fsp3) is 0.388. The van der Waals surface area contributed by atoms with E-state index in [4.69, 9.17) is 5.21 Å². The first-order valence-electron chi connectivity index (χ1n) is 21.9. The van der Waals surface area contributed by atoms with E-state index in [2.05, 4.69) is 85.0 Å². The largest absolute Gasteiger partial charge is 0.368 e. The predicted octanol–water partition coefficient (Wildman–Crippen LogP) is 7.76. The minimum absolute atomic E-state index is 0.0132. The van der Waals surface area contributed by atoms with Gasteiger partial charge in [0.05, 0.1) is 11.6 Å². The van der Waals surface area contributed by atoms with Crippen LogP contribution in [0.5, 0.6) is 0 Å². The Morgan fingerprint density at radius 3 is 2.16 bits per heavy atom. The van der Waals surface area contributed by atoms with Gasteiger partial charge in [0, 0.05) is 91.7 Å². The van der Waals surface area contributed by atoms with Gasteiger partial charge in [-0.2, -0.15) is 5.26 Å². The Morgan fingerprint density at radius 2 is 1.41 bits per heavy atom. The Kier molecular flexibility index (Phi) is 17.3. The van der Waals surface area contributed by atoms with Crippen molar-refractivity contribution >= 4 is 40.0 Å². The van der Waals surface area contributed by atoms with Gasteiger partial charge in [0.15, 0.2) is 0 Å². The van der Waals surface area contributed by atoms with Crippen molar-refractivity contribution in [2.75, 3.05) is 69.1 Å². The summed E-state index contributed by atoms with van der Waals surface area (Å²) in [5.41, 5.74) is 9.16. The number of aromatic amines is 1. The summed E-state index contributed by atoms with van der Waals surface area (Å²) in [5, 5.41) is 25.3. The van der Waals surface area contributed by atoms with Crippen LogP contribution in [0.1, 0.15) is 79.3 Å². The molecule has 3 heterocycles. The van der Waals surface area contributed by atoms with Crippen molar-refractivity contribution in [1.82, 2.24) is 25.6 Å². The highest BCUT2D eigenvalue weighted by molar-refractivity contribution is 5.96. The van der Waals surface area contributed by atoms with Crippen molar-refractivity contribution < 1.29 is 19.6 Å². The van der Waals surface area contributed by atoms with Crippen molar-refractivity contribution in [3.05, 3.63) is 120 Å². The van der Waals surface area contributed by atoms with Gasteiger partial charge in [-0.1, -0.05) is 67.4 Å². The second-order valence-electron chi connectivity index (χ2n) is 15.9. The highest BCUT2D eigenvalue weighted by Gasteiger charge is 2.21. The molecule has 0 spiro atoms. The highest BCUT2D eigenvalue weighted by atomic mass is 16.5. The van der Waals surface area contributed by atoms with E-state index in [1.54, 1.807) is 11.5 Å². The van der Waals surface area contributed by atoms with Gasteiger partial charge >= 0.3 is 0 Å². The summed E-state index contributed by atoms with van der Waals surface area (Å²) < 4.78 is 0. The third kappa shape index (κ3) is 13.8. The van der Waals surface area contributed by atoms with Crippen molar-refractivity contribution in [1.29, 1.82) is 5.26 Å². The summed E-state index contributed by atoms with van der Waals surface area (Å²) >= 11 is 0. The fourth-order valence-corrected chi connectivity index (χ4v) is 8.14. The summed E-state index contributed by atoms with van der Waals surface area (Å²) in [5.74, 6) is -0.461. The van der Waals surface area contributed by atoms with Gasteiger partial charge in [-0.05, 0) is 112 Å². The maximum atomic E-state index is 13.1. The zero-order valence-corrected chi connectivity index (χ0v) is 35.2. The molecular weight excluding hydrogens is 765 g/mol. The van der Waals surface area contributed by atoms with Crippen LogP contribution in [0.4, 0.5) is 11.4 Å². The first-order valence-corrected chi connectivity index (χ1v) is 21.9. The molecule has 2 fully saturated rings. The SMILES string of the molecule is N#Cc1cc(C(=O)NCCCN2CCCC2)cc(-c2ccccc2N2CCN(CCc3c[nH]c4ccccc34)CC2)c1.O=C(CCCCCCC(=O)Nc1ccccc1)NO. The normalized spacial score (nSPS) is 14.2. The Hall–Kier alpha value is -6.00. The molecule has 4 aromatic carbocycles. The number of nitrogens with one attached hydrogen (secondary N) is 4. The zero-order valence-electron chi connectivity index (χ0n) is 35.2. The molecule has 320 valence electrons. The number of benzene rings is 4. The molecule has 5 N–H and O–H groups in total. The van der Waals surface area contributed by atoms with E-state index in [0.29, 0.717) is 30.5 Å². The lowest BCUT2D eigenvalue weighted by Gasteiger charge is -2.37. The quantitative estimate of drug-likeness (QED) is 0.0341. The average molecular weight is 825 g/mol. The number of likely N-dealkylation sites (tertiary alicyclic amines) is 1. The molecule has 1 aromatic heterocycles. The lowest BCUT2D eigenvalue weighted by atomic mass is 9.97. The molecule has 3 amide bonds. The maximum Gasteiger partial charge on any atom is 0.251 e. The molecular formula is C49H60N8O4. The van der Waals surface area contributed by atoms with E-state index in [-0.39, 0.29) is 17.7 Å². The summed E-state index contributed by atoms with van der Waals surface area (Å²) in [4.78, 5) is 46.2. The molecule has 2 aliphatic heterocycles. The molecule has 7 rings (SSSR count). The topological polar surface area (TPSA) is 157 Å². The van der Waals surface area contributed by atoms with Gasteiger partial charge in [0.1, 0.15) is 0 Å². The second kappa shape index (κ2) is 23.7. The number of aromatic nitrogens is 1. The molecule has 0 aliphatic carbocycles. The lowest BCUT2D eigenvalue weighted by molar-refractivity contribution is -0.129. The Balaban J connectivity index is 0.000000276. The number of fused-ring (bicyclic) bond motifs is 1. The van der Waals surface area contributed by atoms with E-state index >= 15 is 0 Å². The van der Waals surface area contributed by atoms with Gasteiger partial charge in [-0.3, -0.25) is 24.5 Å². The number of piperazine rings is 1. The molecule has 0 atom stereocenters. The van der Waals surface area contributed by atoms with E-state index in [1.807, 2.05) is 48.5 Å². The van der Waals surface area contributed by atoms with Crippen LogP contribution in [0.15, 0.2) is 103 Å². The number of unbranched alkanes of at least 4 members (excludes halogenated alkanes) is 3. The van der Waals surface area contributed by atoms with Crippen LogP contribution in [-0.4, -0.2) is 96.6 Å². The van der Waals surface area contributed by atoms with Crippen LogP contribution in [0, 0.1) is 11.3 Å². The van der Waals surface area contributed by atoms with E-state index in [9.17, 15) is 19.6 Å². The number of carbonyl (C=O) groups excluding carboxylic acids is 3. The van der Waals surface area contributed by atoms with Crippen molar-refractivity contribution in [2.45, 2.75) is 64.2 Å². The number of para-hydroxylation sites is 3. The minimum atomic E-state index is -0.359. The van der Waals surface area contributed by atoms with Crippen molar-refractivity contribution in [3.8, 4) is 17.2 Å². The smallest absolute Gasteiger partial charge is 0.251 e. The molecule has 2 aliphatic rings. The number of nitrogens with zero attached hydrogens (tertiary/aromatic N) is 4. The predicted molar refractivity (Wildman–Crippen MR) is 243 cm³/mol. The molecule has 5 aromatic rings. The number of hydrogen-bond acceptors (Lipinski definition) is 8. The Labute approximate surface area is 359 Å². The van der Waals surface area contributed by atoms with Crippen LogP contribution >= 0.6 is 0 Å². The molecule has 12 nitrogen and oxygen atoms in total. The van der Waals surface area contributed by atoms with Crippen LogP contribution < -0.4 is 21.0 Å². The number of rotatable bonds is 18. The van der Waals surface area contributed by atoms with Crippen LogP contribution in [0.2, 0.25) is 0 Å². The summed E-state index contributed by atoms with van der Waals surface area (Å²) in [7, 11) is 0. The summed E-state index contributed by atoms with van der Waals surface area (Å²) in [6, 6.07) is 34.1. The highest BCUT2D eigenvalue weighted by Crippen LogP contribution is 2.33. The van der Waals surface area contributed by atoms with Gasteiger partial charge in [-0.25, -0.2) is 5.48 Å². The van der Waals surface area contributed by atoms with E-state index < -0.39 is 0 Å². The monoisotopic (exact) mass is 824 g/mol. The number of carbonyl (C=O) groups is 3. The number of anilines is 2. The first kappa shape index (κ1) is 44.5. The Morgan fingerprint density at radius 1 is 0.721 bits per heavy atom. The van der Waals surface area contributed by atoms with Crippen LogP contribution in [-0.2, 0) is 16.0 Å². The van der Waals surface area contributed by atoms with Crippen molar-refractivity contribution in [3.63, 3.8) is 0 Å². The fourth-order valence-electron chi connectivity index (χ4n) is 8.14. The summed E-state index contributed by atoms with van der Waals surface area (Å²) in [6.07, 6.45) is 10.8. The third-order valence-electron chi connectivity index (χ3n) is 11.5. The number of H-pyrrole nitrogens is 1. The van der Waals surface area contributed by atoms with E-state index in [1.165, 1.54) is 42.4 Å². The maximum absolute atomic E-state index is 13.1. The van der Waals surface area contributed by atoms with Crippen LogP contribution in [0.3, 0.4) is 0 Å². The van der Waals surface area contributed by atoms with Crippen LogP contribution in [0.25, 0.3) is 22.0 Å². The number of hydroxylamine groups is 1. The van der Waals surface area contributed by atoms with Gasteiger partial charge < -0.3 is 25.4 Å². The van der Waals surface area contributed by atoms with Gasteiger partial charge in [-0.15, -0.1) is 0 Å². The van der Waals surface area contributed by atoms with Gasteiger partial charge in [0.2, 0.25) is 11.8 Å². The molecule has 0 unspecified atom stereocenters. The molecule has 0 bridgehead atoms. The molecule has 12 heteroatoms. The number of hydrogen-bond donors (Lipinski definition) is 5. The van der Waals surface area contributed by atoms with Gasteiger partial charge in [0.25, 0.3) is 5.91 Å². The summed E-state index contributed by atoms with van der Waals surface area (Å²) in [6.45, 7) is 8.91. The standard InChI is InChI=1S/C35H40N6O.C14H20N2O3/c36-25-27-22-29(24-30(23-27)35(42)37-13-7-16-39-14-5-6-15-39)32-9-2-4-11-34(32)41-20-18-40(19-21-41)17-12-28-26-38-33-10-3-1-8-31(28)33;17-13(15-12-8-4-3-5-9-12)10-6-1-2-7-11-14(18)16-19/h1-4,8-11,22-24,26,38H,5-7,12-21H2,(H,37,42);3-5,8-9,19H,1-2,6-7,10-11H2,(H,15,17)(H,16,18). The number of amides is 3. The average Bonchev–Trinajstić information content (AvgIpc) is 3.99. The van der Waals surface area contributed by atoms with Crippen molar-refractivity contribution in [2.24, 2.45) is 0 Å². The lowest BCUT2D eigenvalue weighted by Crippen LogP contribution is -2.47. The molecule has 2 saturated heterocycles. The minimum Gasteiger partial charge on any atom is -0.368 e. The molecule has 0 radical (unpaired) electrons.